The number of nitrogens with one attached hydrogen (secondary N) is 1. The first kappa shape index (κ1) is 22.1. The summed E-state index contributed by atoms with van der Waals surface area (Å²) in [7, 11) is -1.67. The molecular formula is C18H28ClN3O4S. The molecule has 1 aromatic carbocycles. The third kappa shape index (κ3) is 7.75. The second-order valence-corrected chi connectivity index (χ2v) is 9.13. The minimum atomic E-state index is -3.31. The van der Waals surface area contributed by atoms with E-state index in [-0.39, 0.29) is 11.7 Å². The van der Waals surface area contributed by atoms with Crippen LogP contribution in [0.4, 0.5) is 0 Å². The molecule has 2 rings (SSSR count). The van der Waals surface area contributed by atoms with E-state index in [2.05, 4.69) is 15.1 Å². The Labute approximate surface area is 166 Å². The van der Waals surface area contributed by atoms with Crippen LogP contribution in [-0.4, -0.2) is 89.4 Å². The smallest absolute Gasteiger partial charge is 0.234 e. The Hall–Kier alpha value is -1.19. The van der Waals surface area contributed by atoms with Crippen molar-refractivity contribution in [2.75, 3.05) is 65.3 Å². The Morgan fingerprint density at radius 3 is 2.41 bits per heavy atom. The normalized spacial score (nSPS) is 16.4. The van der Waals surface area contributed by atoms with Crippen molar-refractivity contribution in [3.63, 3.8) is 0 Å². The molecule has 1 fully saturated rings. The Bertz CT molecular complexity index is 689. The summed E-state index contributed by atoms with van der Waals surface area (Å²) in [6, 6.07) is 6.27. The summed E-state index contributed by atoms with van der Waals surface area (Å²) in [5, 5.41) is 3.40. The van der Waals surface area contributed by atoms with Gasteiger partial charge in [-0.05, 0) is 30.7 Å². The lowest BCUT2D eigenvalue weighted by Crippen LogP contribution is -2.50. The first-order valence-corrected chi connectivity index (χ1v) is 11.1. The fourth-order valence-corrected chi connectivity index (χ4v) is 4.29. The zero-order valence-corrected chi connectivity index (χ0v) is 17.3. The molecule has 1 aliphatic heterocycles. The maximum Gasteiger partial charge on any atom is 0.234 e. The van der Waals surface area contributed by atoms with E-state index in [4.69, 9.17) is 16.3 Å². The summed E-state index contributed by atoms with van der Waals surface area (Å²) in [5.74, 6) is 0.0964. The number of hydrogen-bond acceptors (Lipinski definition) is 6. The summed E-state index contributed by atoms with van der Waals surface area (Å²) in [6.07, 6.45) is 0.804. The minimum absolute atomic E-state index is 0.0184. The van der Waals surface area contributed by atoms with Gasteiger partial charge in [0.15, 0.2) is 9.84 Å². The highest BCUT2D eigenvalue weighted by Gasteiger charge is 2.21. The molecule has 1 saturated heterocycles. The van der Waals surface area contributed by atoms with E-state index in [0.717, 1.165) is 32.6 Å². The second-order valence-electron chi connectivity index (χ2n) is 6.59. The summed E-state index contributed by atoms with van der Waals surface area (Å²) in [5.41, 5.74) is 0. The van der Waals surface area contributed by atoms with Crippen LogP contribution in [0.1, 0.15) is 6.42 Å². The molecule has 27 heavy (non-hydrogen) atoms. The highest BCUT2D eigenvalue weighted by Crippen LogP contribution is 2.15. The molecule has 0 saturated carbocycles. The summed E-state index contributed by atoms with van der Waals surface area (Å²) in [6.45, 7) is 5.15. The molecule has 0 spiro atoms. The molecule has 0 unspecified atom stereocenters. The van der Waals surface area contributed by atoms with E-state index in [1.54, 1.807) is 31.4 Å². The van der Waals surface area contributed by atoms with Crippen LogP contribution >= 0.6 is 11.6 Å². The number of methoxy groups -OCH3 is 1. The molecule has 1 heterocycles. The lowest BCUT2D eigenvalue weighted by atomic mass is 10.3. The third-order valence-corrected chi connectivity index (χ3v) is 6.49. The molecule has 0 atom stereocenters. The van der Waals surface area contributed by atoms with Crippen molar-refractivity contribution in [3.05, 3.63) is 29.3 Å². The molecule has 0 aromatic heterocycles. The predicted molar refractivity (Wildman–Crippen MR) is 106 cm³/mol. The van der Waals surface area contributed by atoms with Crippen LogP contribution < -0.4 is 5.32 Å². The zero-order chi connectivity index (χ0) is 19.7. The van der Waals surface area contributed by atoms with Gasteiger partial charge in [0.2, 0.25) is 5.91 Å². The van der Waals surface area contributed by atoms with Gasteiger partial charge in [0.05, 0.1) is 17.2 Å². The third-order valence-electron chi connectivity index (χ3n) is 4.53. The average molecular weight is 418 g/mol. The van der Waals surface area contributed by atoms with Gasteiger partial charge < -0.3 is 10.1 Å². The number of hydrogen-bond donors (Lipinski definition) is 1. The van der Waals surface area contributed by atoms with Crippen molar-refractivity contribution >= 4 is 27.3 Å². The van der Waals surface area contributed by atoms with Crippen LogP contribution in [0.2, 0.25) is 5.02 Å². The number of ether oxygens (including phenoxy) is 1. The maximum absolute atomic E-state index is 12.4. The van der Waals surface area contributed by atoms with E-state index in [9.17, 15) is 13.2 Å². The van der Waals surface area contributed by atoms with Crippen LogP contribution in [0.3, 0.4) is 0 Å². The Balaban J connectivity index is 1.68. The number of sulfone groups is 1. The van der Waals surface area contributed by atoms with Crippen LogP contribution in [-0.2, 0) is 19.4 Å². The minimum Gasteiger partial charge on any atom is -0.385 e. The second kappa shape index (κ2) is 11.0. The van der Waals surface area contributed by atoms with Gasteiger partial charge in [0, 0.05) is 58.0 Å². The van der Waals surface area contributed by atoms with Gasteiger partial charge in [-0.3, -0.25) is 14.6 Å². The number of carbonyl (C=O) groups excluding carboxylic acids is 1. The maximum atomic E-state index is 12.4. The summed E-state index contributed by atoms with van der Waals surface area (Å²) < 4.78 is 29.8. The Morgan fingerprint density at radius 2 is 1.78 bits per heavy atom. The first-order valence-electron chi connectivity index (χ1n) is 9.09. The van der Waals surface area contributed by atoms with E-state index in [1.807, 2.05) is 0 Å². The number of amides is 1. The van der Waals surface area contributed by atoms with E-state index >= 15 is 0 Å². The van der Waals surface area contributed by atoms with Crippen molar-refractivity contribution in [2.24, 2.45) is 0 Å². The Kier molecular flexibility index (Phi) is 8.98. The van der Waals surface area contributed by atoms with Crippen molar-refractivity contribution in [2.45, 2.75) is 11.3 Å². The zero-order valence-electron chi connectivity index (χ0n) is 15.7. The number of carbonyl (C=O) groups is 1. The lowest BCUT2D eigenvalue weighted by Gasteiger charge is -2.34. The molecule has 1 N–H and O–H groups in total. The van der Waals surface area contributed by atoms with Crippen molar-refractivity contribution in [3.8, 4) is 0 Å². The average Bonchev–Trinajstić information content (AvgIpc) is 2.65. The molecule has 9 heteroatoms. The highest BCUT2D eigenvalue weighted by molar-refractivity contribution is 7.91. The number of rotatable bonds is 10. The van der Waals surface area contributed by atoms with Crippen LogP contribution in [0.25, 0.3) is 0 Å². The van der Waals surface area contributed by atoms with Crippen LogP contribution in [0.5, 0.6) is 0 Å². The number of benzene rings is 1. The van der Waals surface area contributed by atoms with Crippen molar-refractivity contribution in [1.82, 2.24) is 15.1 Å². The molecule has 1 aliphatic rings. The van der Waals surface area contributed by atoms with Gasteiger partial charge in [0.1, 0.15) is 0 Å². The van der Waals surface area contributed by atoms with Gasteiger partial charge in [-0.15, -0.1) is 0 Å². The summed E-state index contributed by atoms with van der Waals surface area (Å²) in [4.78, 5) is 16.4. The molecule has 1 aromatic rings. The molecule has 152 valence electrons. The monoisotopic (exact) mass is 417 g/mol. The fourth-order valence-electron chi connectivity index (χ4n) is 2.88. The fraction of sp³-hybridized carbons (Fsp3) is 0.611. The van der Waals surface area contributed by atoms with E-state index in [0.29, 0.717) is 36.2 Å². The molecule has 0 bridgehead atoms. The predicted octanol–water partition coefficient (Wildman–Crippen LogP) is 0.884. The van der Waals surface area contributed by atoms with E-state index in [1.165, 1.54) is 0 Å². The standard InChI is InChI=1S/C18H28ClN3O4S/c1-26-13-2-7-20-18(23)15-22-10-8-21(9-11-22)12-14-27(24,25)17-5-3-16(19)4-6-17/h3-6H,2,7-15H2,1H3,(H,20,23). The number of piperazine rings is 1. The largest absolute Gasteiger partial charge is 0.385 e. The van der Waals surface area contributed by atoms with Gasteiger partial charge >= 0.3 is 0 Å². The van der Waals surface area contributed by atoms with E-state index < -0.39 is 9.84 Å². The number of nitrogens with zero attached hydrogens (tertiary/aromatic N) is 2. The van der Waals surface area contributed by atoms with Gasteiger partial charge in [-0.25, -0.2) is 8.42 Å². The highest BCUT2D eigenvalue weighted by atomic mass is 35.5. The topological polar surface area (TPSA) is 79.0 Å². The molecule has 7 nitrogen and oxygen atoms in total. The molecular weight excluding hydrogens is 390 g/mol. The summed E-state index contributed by atoms with van der Waals surface area (Å²) >= 11 is 5.81. The number of halogens is 1. The Morgan fingerprint density at radius 1 is 1.15 bits per heavy atom. The SMILES string of the molecule is COCCCNC(=O)CN1CCN(CCS(=O)(=O)c2ccc(Cl)cc2)CC1. The quantitative estimate of drug-likeness (QED) is 0.569. The first-order chi connectivity index (χ1) is 12.9. The molecule has 0 aliphatic carbocycles. The van der Waals surface area contributed by atoms with Gasteiger partial charge in [0.25, 0.3) is 0 Å². The van der Waals surface area contributed by atoms with Crippen LogP contribution in [0.15, 0.2) is 29.2 Å². The molecule has 0 radical (unpaired) electrons. The van der Waals surface area contributed by atoms with Crippen molar-refractivity contribution < 1.29 is 17.9 Å². The van der Waals surface area contributed by atoms with Gasteiger partial charge in [-0.2, -0.15) is 0 Å². The molecule has 1 amide bonds. The van der Waals surface area contributed by atoms with Crippen LogP contribution in [0, 0.1) is 0 Å². The van der Waals surface area contributed by atoms with Gasteiger partial charge in [-0.1, -0.05) is 11.6 Å². The lowest BCUT2D eigenvalue weighted by molar-refractivity contribution is -0.122. The van der Waals surface area contributed by atoms with Crippen molar-refractivity contribution in [1.29, 1.82) is 0 Å².